The molecule has 1 aliphatic rings. The molecule has 252 valence electrons. The van der Waals surface area contributed by atoms with Gasteiger partial charge in [-0.2, -0.15) is 17.9 Å². The van der Waals surface area contributed by atoms with Crippen molar-refractivity contribution in [2.24, 2.45) is 0 Å². The summed E-state index contributed by atoms with van der Waals surface area (Å²) in [6.07, 6.45) is 5.36. The van der Waals surface area contributed by atoms with Crippen LogP contribution in [0, 0.1) is 0 Å². The maximum atomic E-state index is 12.9. The van der Waals surface area contributed by atoms with E-state index in [1.807, 2.05) is 108 Å². The first-order chi connectivity index (χ1) is 23.8. The highest BCUT2D eigenvalue weighted by Crippen LogP contribution is 2.35. The van der Waals surface area contributed by atoms with Crippen LogP contribution in [0.3, 0.4) is 0 Å². The van der Waals surface area contributed by atoms with E-state index >= 15 is 0 Å². The summed E-state index contributed by atoms with van der Waals surface area (Å²) in [4.78, 5) is 7.76. The predicted octanol–water partition coefficient (Wildman–Crippen LogP) is 7.11. The van der Waals surface area contributed by atoms with E-state index in [4.69, 9.17) is 19.4 Å². The number of benzene rings is 4. The lowest BCUT2D eigenvalue weighted by molar-refractivity contribution is -0.673. The number of anilines is 1. The largest absolute Gasteiger partial charge is 0.497 e. The van der Waals surface area contributed by atoms with Gasteiger partial charge in [-0.05, 0) is 65.2 Å². The summed E-state index contributed by atoms with van der Waals surface area (Å²) in [5.41, 5.74) is 5.45. The van der Waals surface area contributed by atoms with Crippen molar-refractivity contribution < 1.29 is 41.3 Å². The lowest BCUT2D eigenvalue weighted by atomic mass is 10.0. The molecule has 0 spiro atoms. The van der Waals surface area contributed by atoms with Gasteiger partial charge in [0.05, 0.1) is 20.8 Å². The van der Waals surface area contributed by atoms with Crippen LogP contribution in [0.1, 0.15) is 33.7 Å². The monoisotopic (exact) mass is 699 g/mol. The van der Waals surface area contributed by atoms with Crippen LogP contribution in [0.15, 0.2) is 121 Å². The maximum Gasteiger partial charge on any atom is 0.278 e. The number of hydrogen-bond acceptors (Lipinski definition) is 9. The van der Waals surface area contributed by atoms with Gasteiger partial charge in [0.2, 0.25) is 11.2 Å². The highest BCUT2D eigenvalue weighted by molar-refractivity contribution is 7.86. The third-order valence-electron chi connectivity index (χ3n) is 8.46. The molecule has 1 aromatic heterocycles. The van der Waals surface area contributed by atoms with Gasteiger partial charge in [0.1, 0.15) is 17.6 Å². The molecule has 1 N–H and O–H groups in total. The molecule has 6 rings (SSSR count). The van der Waals surface area contributed by atoms with Gasteiger partial charge in [-0.1, -0.05) is 65.7 Å². The normalized spacial score (nSPS) is 14.9. The number of ether oxygens (including phenoxy) is 2. The van der Waals surface area contributed by atoms with E-state index in [1.165, 1.54) is 7.11 Å². The molecule has 0 saturated heterocycles. The number of nitrogens with zero attached hydrogens (tertiary/aromatic N) is 2. The molecule has 2 atom stereocenters. The topological polar surface area (TPSA) is 108 Å². The molecular formula is C37H35N2O8S2+. The van der Waals surface area contributed by atoms with Gasteiger partial charge in [0, 0.05) is 47.9 Å². The van der Waals surface area contributed by atoms with Crippen LogP contribution in [0.4, 0.5) is 5.69 Å². The number of fused-ring (bicyclic) bond motifs is 2. The number of thiol groups is 1. The number of hydrogen-bond donors (Lipinski definition) is 2. The Morgan fingerprint density at radius 1 is 0.816 bits per heavy atom. The molecule has 2 unspecified atom stereocenters. The van der Waals surface area contributed by atoms with Crippen molar-refractivity contribution >= 4 is 51.8 Å². The van der Waals surface area contributed by atoms with Crippen molar-refractivity contribution in [3.05, 3.63) is 143 Å². The summed E-state index contributed by atoms with van der Waals surface area (Å²) < 4.78 is 53.4. The molecule has 0 fully saturated rings. The summed E-state index contributed by atoms with van der Waals surface area (Å²) in [5, 5.41) is 4.52. The zero-order valence-corrected chi connectivity index (χ0v) is 28.5. The van der Waals surface area contributed by atoms with E-state index in [0.29, 0.717) is 29.3 Å². The van der Waals surface area contributed by atoms with Gasteiger partial charge < -0.3 is 14.4 Å². The van der Waals surface area contributed by atoms with Gasteiger partial charge in [-0.3, -0.25) is 4.55 Å². The first kappa shape index (κ1) is 34.2. The third-order valence-corrected chi connectivity index (χ3v) is 9.66. The second-order valence-corrected chi connectivity index (χ2v) is 13.0. The quantitative estimate of drug-likeness (QED) is 0.0332. The number of pyridine rings is 1. The third kappa shape index (κ3) is 7.81. The van der Waals surface area contributed by atoms with E-state index in [1.54, 1.807) is 31.4 Å². The van der Waals surface area contributed by atoms with Crippen molar-refractivity contribution in [2.75, 3.05) is 25.7 Å². The number of aromatic nitrogens is 1. The first-order valence-electron chi connectivity index (χ1n) is 15.3. The Morgan fingerprint density at radius 2 is 1.47 bits per heavy atom. The molecule has 0 radical (unpaired) electrons. The van der Waals surface area contributed by atoms with E-state index < -0.39 is 21.5 Å². The zero-order valence-electron chi connectivity index (χ0n) is 26.7. The Hall–Kier alpha value is -4.69. The Kier molecular flexibility index (Phi) is 10.6. The van der Waals surface area contributed by atoms with E-state index in [9.17, 15) is 13.0 Å². The highest BCUT2D eigenvalue weighted by Gasteiger charge is 2.32. The summed E-state index contributed by atoms with van der Waals surface area (Å²) >= 11 is 3.69. The minimum atomic E-state index is -4.53. The van der Waals surface area contributed by atoms with Gasteiger partial charge in [0.25, 0.3) is 10.1 Å². The second kappa shape index (κ2) is 15.2. The van der Waals surface area contributed by atoms with Crippen LogP contribution < -0.4 is 18.9 Å². The Morgan fingerprint density at radius 3 is 2.14 bits per heavy atom. The lowest BCUT2D eigenvalue weighted by Gasteiger charge is -2.33. The molecule has 0 saturated carbocycles. The lowest BCUT2D eigenvalue weighted by Crippen LogP contribution is -2.42. The standard InChI is InChI=1S/C37H34N2O8S2/c1-43-32-19-13-28(14-20-32)36(45-46-47-48)24-38-30(17-11-26-7-3-5-9-34(26)38)23-31-18-12-27-8-4-6-10-35(27)39(31)25-37(49(40,41)42)29-15-21-33(44-2)22-16-29/h3-23,36-37H,24-25H2,1-2H3,(H-,40,41,42,48)/p+1. The molecular weight excluding hydrogens is 665 g/mol. The van der Waals surface area contributed by atoms with Crippen molar-refractivity contribution in [2.45, 2.75) is 17.9 Å². The Balaban J connectivity index is 1.46. The minimum Gasteiger partial charge on any atom is -0.497 e. The summed E-state index contributed by atoms with van der Waals surface area (Å²) in [7, 11) is -1.39. The summed E-state index contributed by atoms with van der Waals surface area (Å²) in [5.74, 6) is 1.27. The van der Waals surface area contributed by atoms with Crippen LogP contribution in [-0.2, 0) is 30.9 Å². The molecule has 0 amide bonds. The van der Waals surface area contributed by atoms with E-state index in [-0.39, 0.29) is 6.54 Å². The smallest absolute Gasteiger partial charge is 0.278 e. The van der Waals surface area contributed by atoms with Crippen molar-refractivity contribution in [1.82, 2.24) is 0 Å². The van der Waals surface area contributed by atoms with Crippen molar-refractivity contribution in [1.29, 1.82) is 0 Å². The Bertz CT molecular complexity index is 2080. The molecule has 5 aromatic rings. The molecule has 2 heterocycles. The minimum absolute atomic E-state index is 0.0589. The molecule has 0 aliphatic carbocycles. The summed E-state index contributed by atoms with van der Waals surface area (Å²) in [6, 6.07) is 33.7. The maximum absolute atomic E-state index is 12.9. The SMILES string of the molecule is COc1ccc(C(CN2C(=Cc3ccc4ccccc4[n+]3CC(c3ccc(OC)cc3)S(=O)(=O)O)C=Cc3ccccc32)OOOS)cc1. The van der Waals surface area contributed by atoms with Gasteiger partial charge >= 0.3 is 0 Å². The predicted molar refractivity (Wildman–Crippen MR) is 190 cm³/mol. The van der Waals surface area contributed by atoms with Crippen molar-refractivity contribution in [3.8, 4) is 11.5 Å². The van der Waals surface area contributed by atoms with Crippen LogP contribution in [0.2, 0.25) is 0 Å². The fourth-order valence-electron chi connectivity index (χ4n) is 5.96. The van der Waals surface area contributed by atoms with Gasteiger partial charge in [-0.15, -0.1) is 4.33 Å². The fraction of sp³-hybridized carbons (Fsp3) is 0.162. The average Bonchev–Trinajstić information content (AvgIpc) is 3.13. The highest BCUT2D eigenvalue weighted by atomic mass is 32.2. The molecule has 12 heteroatoms. The Labute approximate surface area is 290 Å². The number of rotatable bonds is 13. The van der Waals surface area contributed by atoms with E-state index in [0.717, 1.165) is 33.4 Å². The fourth-order valence-corrected chi connectivity index (χ4v) is 6.84. The van der Waals surface area contributed by atoms with Gasteiger partial charge in [0.15, 0.2) is 11.8 Å². The van der Waals surface area contributed by atoms with Crippen LogP contribution in [-0.4, -0.2) is 33.7 Å². The van der Waals surface area contributed by atoms with Crippen LogP contribution in [0.5, 0.6) is 11.5 Å². The van der Waals surface area contributed by atoms with Gasteiger partial charge in [-0.25, -0.2) is 0 Å². The number of allylic oxidation sites excluding steroid dienone is 1. The average molecular weight is 700 g/mol. The first-order valence-corrected chi connectivity index (χ1v) is 17.2. The van der Waals surface area contributed by atoms with E-state index in [2.05, 4.69) is 22.1 Å². The molecule has 49 heavy (non-hydrogen) atoms. The van der Waals surface area contributed by atoms with Crippen LogP contribution in [0.25, 0.3) is 23.1 Å². The van der Waals surface area contributed by atoms with Crippen molar-refractivity contribution in [3.63, 3.8) is 0 Å². The molecule has 10 nitrogen and oxygen atoms in total. The molecule has 0 bridgehead atoms. The second-order valence-electron chi connectivity index (χ2n) is 11.3. The summed E-state index contributed by atoms with van der Waals surface area (Å²) in [6.45, 7) is 0.236. The van der Waals surface area contributed by atoms with Crippen LogP contribution >= 0.6 is 12.9 Å². The molecule has 1 aliphatic heterocycles. The zero-order chi connectivity index (χ0) is 34.4. The number of para-hydroxylation sites is 2. The number of methoxy groups -OCH3 is 2. The molecule has 4 aromatic carbocycles.